The minimum absolute atomic E-state index is 0.0159. The van der Waals surface area contributed by atoms with Crippen molar-refractivity contribution >= 4 is 15.8 Å². The molecule has 0 aromatic carbocycles. The topological polar surface area (TPSA) is 40.5 Å². The van der Waals surface area contributed by atoms with Gasteiger partial charge in [0.2, 0.25) is 0 Å². The van der Waals surface area contributed by atoms with Crippen molar-refractivity contribution in [3.63, 3.8) is 0 Å². The molecule has 0 fully saturated rings. The van der Waals surface area contributed by atoms with Gasteiger partial charge in [0.15, 0.2) is 0 Å². The maximum atomic E-state index is 9.10. The number of hydrogen-bond acceptors (Lipinski definition) is 2. The van der Waals surface area contributed by atoms with E-state index in [4.69, 9.17) is 10.2 Å². The molecule has 12 heavy (non-hydrogen) atoms. The Bertz CT molecular complexity index is 96.5. The first kappa shape index (κ1) is 12.5. The van der Waals surface area contributed by atoms with Gasteiger partial charge in [-0.05, 0) is 0 Å². The Hall–Kier alpha value is 0.478. The van der Waals surface area contributed by atoms with E-state index in [1.54, 1.807) is 0 Å². The van der Waals surface area contributed by atoms with E-state index in [0.717, 1.165) is 22.8 Å². The van der Waals surface area contributed by atoms with Gasteiger partial charge in [-0.15, -0.1) is 0 Å². The molecule has 0 saturated heterocycles. The number of hydrogen-bond donors (Lipinski definition) is 2. The third-order valence-electron chi connectivity index (χ3n) is 1.91. The zero-order chi connectivity index (χ0) is 9.40. The molecule has 0 amide bonds. The van der Waals surface area contributed by atoms with E-state index in [2.05, 4.69) is 6.92 Å². The Morgan fingerprint density at radius 2 is 2.08 bits per heavy atom. The third-order valence-corrected chi connectivity index (χ3v) is 6.31. The van der Waals surface area contributed by atoms with Crippen LogP contribution < -0.4 is 0 Å². The molecule has 2 N–H and O–H groups in total. The van der Waals surface area contributed by atoms with Crippen LogP contribution in [0, 0.1) is 0 Å². The van der Waals surface area contributed by atoms with Crippen molar-refractivity contribution in [1.29, 1.82) is 0 Å². The number of aliphatic hydroxyl groups is 2. The Labute approximate surface area is 82.1 Å². The molecule has 3 atom stereocenters. The van der Waals surface area contributed by atoms with Crippen LogP contribution >= 0.6 is 0 Å². The fraction of sp³-hybridized carbons (Fsp3) is 1.00. The van der Waals surface area contributed by atoms with Crippen LogP contribution in [0.5, 0.6) is 0 Å². The first-order valence-electron chi connectivity index (χ1n) is 4.73. The fourth-order valence-electron chi connectivity index (χ4n) is 1.13. The molecule has 0 spiro atoms. The van der Waals surface area contributed by atoms with Crippen LogP contribution in [0.1, 0.15) is 33.1 Å². The second kappa shape index (κ2) is 8.09. The van der Waals surface area contributed by atoms with Crippen molar-refractivity contribution in [3.8, 4) is 0 Å². The van der Waals surface area contributed by atoms with Crippen LogP contribution in [0.15, 0.2) is 0 Å². The van der Waals surface area contributed by atoms with Gasteiger partial charge in [0.1, 0.15) is 0 Å². The second-order valence-corrected chi connectivity index (χ2v) is 6.65. The van der Waals surface area contributed by atoms with Gasteiger partial charge in [-0.2, -0.15) is 0 Å². The van der Waals surface area contributed by atoms with Gasteiger partial charge in [-0.25, -0.2) is 0 Å². The summed E-state index contributed by atoms with van der Waals surface area (Å²) in [6, 6.07) is 0. The van der Waals surface area contributed by atoms with Crippen LogP contribution in [0.2, 0.25) is 9.91 Å². The zero-order valence-electron chi connectivity index (χ0n) is 8.08. The van der Waals surface area contributed by atoms with Gasteiger partial charge in [0, 0.05) is 0 Å². The molecule has 0 heterocycles. The molecule has 0 aliphatic heterocycles. The standard InChI is InChI=1S/C9H21AsO2/c1-3-9(5-4-6-11)10-7-8(2)12/h8-12H,3-7H2,1-2H3. The van der Waals surface area contributed by atoms with Crippen LogP contribution in [0.25, 0.3) is 0 Å². The summed E-state index contributed by atoms with van der Waals surface area (Å²) in [4.78, 5) is 0. The average molecular weight is 236 g/mol. The molecular weight excluding hydrogens is 215 g/mol. The quantitative estimate of drug-likeness (QED) is 0.652. The van der Waals surface area contributed by atoms with Gasteiger partial charge in [-0.3, -0.25) is 0 Å². The second-order valence-electron chi connectivity index (χ2n) is 3.23. The molecule has 2 nitrogen and oxygen atoms in total. The van der Waals surface area contributed by atoms with E-state index >= 15 is 0 Å². The monoisotopic (exact) mass is 236 g/mol. The van der Waals surface area contributed by atoms with Crippen molar-refractivity contribution in [2.75, 3.05) is 6.61 Å². The van der Waals surface area contributed by atoms with Crippen molar-refractivity contribution in [3.05, 3.63) is 0 Å². The summed E-state index contributed by atoms with van der Waals surface area (Å²) in [6.07, 6.45) is 3.18. The van der Waals surface area contributed by atoms with Crippen LogP contribution in [0.4, 0.5) is 0 Å². The van der Waals surface area contributed by atoms with Crippen molar-refractivity contribution in [2.45, 2.75) is 49.1 Å². The van der Waals surface area contributed by atoms with Gasteiger partial charge in [-0.1, -0.05) is 0 Å². The first-order valence-corrected chi connectivity index (χ1v) is 7.42. The minimum atomic E-state index is -0.117. The molecule has 3 heteroatoms. The summed E-state index contributed by atoms with van der Waals surface area (Å²) in [5, 5.41) is 18.8. The number of aliphatic hydroxyl groups excluding tert-OH is 2. The van der Waals surface area contributed by atoms with Crippen LogP contribution in [-0.4, -0.2) is 38.7 Å². The predicted octanol–water partition coefficient (Wildman–Crippen LogP) is 1.19. The Morgan fingerprint density at radius 3 is 2.50 bits per heavy atom. The molecule has 0 aromatic heterocycles. The Morgan fingerprint density at radius 1 is 1.42 bits per heavy atom. The van der Waals surface area contributed by atoms with Gasteiger partial charge < -0.3 is 0 Å². The molecule has 0 aliphatic rings. The van der Waals surface area contributed by atoms with Crippen molar-refractivity contribution in [2.24, 2.45) is 0 Å². The van der Waals surface area contributed by atoms with E-state index < -0.39 is 0 Å². The van der Waals surface area contributed by atoms with Crippen LogP contribution in [0.3, 0.4) is 0 Å². The fourth-order valence-corrected chi connectivity index (χ4v) is 4.00. The number of rotatable bonds is 7. The van der Waals surface area contributed by atoms with E-state index in [1.807, 2.05) is 6.92 Å². The summed E-state index contributed by atoms with van der Waals surface area (Å²) in [5.41, 5.74) is 0. The molecule has 0 saturated carbocycles. The Kier molecular flexibility index (Phi) is 8.42. The summed E-state index contributed by atoms with van der Waals surface area (Å²) in [5.74, 6) is 0. The summed E-state index contributed by atoms with van der Waals surface area (Å²) < 4.78 is 0.812. The van der Waals surface area contributed by atoms with E-state index in [1.165, 1.54) is 6.42 Å². The molecule has 0 aliphatic carbocycles. The molecule has 74 valence electrons. The molecule has 0 rings (SSSR count). The summed E-state index contributed by atoms with van der Waals surface area (Å²) in [6.45, 7) is 4.38. The van der Waals surface area contributed by atoms with Crippen molar-refractivity contribution < 1.29 is 10.2 Å². The maximum absolute atomic E-state index is 9.10. The molecule has 0 aromatic rings. The third kappa shape index (κ3) is 7.15. The molecular formula is C9H21AsO2. The van der Waals surface area contributed by atoms with Crippen LogP contribution in [-0.2, 0) is 0 Å². The first-order chi connectivity index (χ1) is 5.70. The molecule has 0 radical (unpaired) electrons. The van der Waals surface area contributed by atoms with Crippen molar-refractivity contribution in [1.82, 2.24) is 0 Å². The Balaban J connectivity index is 3.39. The molecule has 0 bridgehead atoms. The summed E-state index contributed by atoms with van der Waals surface area (Å²) in [7, 11) is 0. The van der Waals surface area contributed by atoms with Gasteiger partial charge in [0.25, 0.3) is 0 Å². The summed E-state index contributed by atoms with van der Waals surface area (Å²) >= 11 is 0.0159. The normalized spacial score (nSPS) is 17.0. The van der Waals surface area contributed by atoms with Gasteiger partial charge >= 0.3 is 81.7 Å². The molecule has 3 unspecified atom stereocenters. The van der Waals surface area contributed by atoms with E-state index in [9.17, 15) is 0 Å². The predicted molar refractivity (Wildman–Crippen MR) is 54.0 cm³/mol. The van der Waals surface area contributed by atoms with E-state index in [0.29, 0.717) is 6.61 Å². The SMILES string of the molecule is CCC(CCCO)[AsH]CC(C)O. The van der Waals surface area contributed by atoms with Gasteiger partial charge in [0.05, 0.1) is 0 Å². The van der Waals surface area contributed by atoms with E-state index in [-0.39, 0.29) is 21.9 Å². The average Bonchev–Trinajstić information content (AvgIpc) is 2.05. The zero-order valence-corrected chi connectivity index (χ0v) is 10.2.